The Hall–Kier alpha value is -3.93. The molecule has 5 nitrogen and oxygen atoms in total. The smallest absolute Gasteiger partial charge is 0.328 e. The Balaban J connectivity index is 1.71. The molecule has 3 aromatic rings. The summed E-state index contributed by atoms with van der Waals surface area (Å²) in [6, 6.07) is 18.6. The molecule has 0 fully saturated rings. The van der Waals surface area contributed by atoms with Crippen LogP contribution >= 0.6 is 0 Å². The molecule has 6 heteroatoms. The summed E-state index contributed by atoms with van der Waals surface area (Å²) in [5.41, 5.74) is 3.49. The van der Waals surface area contributed by atoms with Crippen LogP contribution in [0, 0.1) is 12.7 Å². The first-order valence-corrected chi connectivity index (χ1v) is 10.1. The number of hydrogen-bond acceptors (Lipinski definition) is 4. The SMILES string of the molecule is Cc1ccc(COc2cc(/C=C/C(=O)O)ccc2OC(=O)CCc2ccc(F)cc2)cc1. The summed E-state index contributed by atoms with van der Waals surface area (Å²) in [7, 11) is 0. The summed E-state index contributed by atoms with van der Waals surface area (Å²) in [6.45, 7) is 2.25. The largest absolute Gasteiger partial charge is 0.485 e. The Morgan fingerprint density at radius 1 is 0.938 bits per heavy atom. The molecule has 0 saturated carbocycles. The predicted molar refractivity (Wildman–Crippen MR) is 119 cm³/mol. The maximum absolute atomic E-state index is 13.0. The van der Waals surface area contributed by atoms with Crippen molar-refractivity contribution in [2.45, 2.75) is 26.4 Å². The van der Waals surface area contributed by atoms with Crippen LogP contribution in [-0.2, 0) is 22.6 Å². The summed E-state index contributed by atoms with van der Waals surface area (Å²) < 4.78 is 24.4. The molecular weight excluding hydrogens is 411 g/mol. The van der Waals surface area contributed by atoms with Gasteiger partial charge >= 0.3 is 11.9 Å². The van der Waals surface area contributed by atoms with E-state index in [9.17, 15) is 14.0 Å². The highest BCUT2D eigenvalue weighted by Gasteiger charge is 2.12. The highest BCUT2D eigenvalue weighted by molar-refractivity contribution is 5.85. The minimum Gasteiger partial charge on any atom is -0.485 e. The van der Waals surface area contributed by atoms with Crippen molar-refractivity contribution in [3.63, 3.8) is 0 Å². The summed E-state index contributed by atoms with van der Waals surface area (Å²) in [4.78, 5) is 23.2. The van der Waals surface area contributed by atoms with Crippen molar-refractivity contribution < 1.29 is 28.6 Å². The first kappa shape index (κ1) is 22.7. The minimum absolute atomic E-state index is 0.115. The lowest BCUT2D eigenvalue weighted by molar-refractivity contribution is -0.134. The zero-order chi connectivity index (χ0) is 22.9. The number of hydrogen-bond donors (Lipinski definition) is 1. The number of aryl methyl sites for hydroxylation is 2. The molecule has 0 radical (unpaired) electrons. The summed E-state index contributed by atoms with van der Waals surface area (Å²) in [5.74, 6) is -1.28. The third-order valence-electron chi connectivity index (χ3n) is 4.66. The van der Waals surface area contributed by atoms with E-state index in [4.69, 9.17) is 14.6 Å². The third kappa shape index (κ3) is 7.09. The molecule has 0 saturated heterocycles. The number of aliphatic carboxylic acids is 1. The second-order valence-electron chi connectivity index (χ2n) is 7.25. The van der Waals surface area contributed by atoms with Gasteiger partial charge in [-0.15, -0.1) is 0 Å². The van der Waals surface area contributed by atoms with Crippen LogP contribution in [0.25, 0.3) is 6.08 Å². The van der Waals surface area contributed by atoms with Crippen LogP contribution in [0.2, 0.25) is 0 Å². The lowest BCUT2D eigenvalue weighted by Crippen LogP contribution is -2.10. The number of ether oxygens (including phenoxy) is 2. The van der Waals surface area contributed by atoms with Gasteiger partial charge in [0.2, 0.25) is 0 Å². The molecule has 3 aromatic carbocycles. The van der Waals surface area contributed by atoms with E-state index in [0.717, 1.165) is 22.8 Å². The normalized spacial score (nSPS) is 10.8. The van der Waals surface area contributed by atoms with Gasteiger partial charge in [0.25, 0.3) is 0 Å². The Morgan fingerprint density at radius 3 is 2.31 bits per heavy atom. The molecular formula is C26H23FO5. The molecule has 0 heterocycles. The molecule has 0 atom stereocenters. The Labute approximate surface area is 185 Å². The number of halogens is 1. The maximum Gasteiger partial charge on any atom is 0.328 e. The average molecular weight is 434 g/mol. The van der Waals surface area contributed by atoms with Crippen molar-refractivity contribution >= 4 is 18.0 Å². The Morgan fingerprint density at radius 2 is 1.62 bits per heavy atom. The molecule has 0 aliphatic heterocycles. The number of esters is 1. The van der Waals surface area contributed by atoms with Gasteiger partial charge in [-0.2, -0.15) is 0 Å². The van der Waals surface area contributed by atoms with Gasteiger partial charge in [0.15, 0.2) is 11.5 Å². The second kappa shape index (κ2) is 10.9. The number of carbonyl (C=O) groups is 2. The van der Waals surface area contributed by atoms with E-state index in [2.05, 4.69) is 0 Å². The lowest BCUT2D eigenvalue weighted by atomic mass is 10.1. The third-order valence-corrected chi connectivity index (χ3v) is 4.66. The molecule has 32 heavy (non-hydrogen) atoms. The van der Waals surface area contributed by atoms with Crippen molar-refractivity contribution in [3.05, 3.63) is 101 Å². The standard InChI is InChI=1S/C26H23FO5/c1-18-2-4-21(5-3-18)17-31-24-16-20(9-14-25(28)29)8-13-23(24)32-26(30)15-10-19-6-11-22(27)12-7-19/h2-9,11-14,16H,10,15,17H2,1H3,(H,28,29)/b14-9+. The van der Waals surface area contributed by atoms with Gasteiger partial charge in [0.1, 0.15) is 12.4 Å². The van der Waals surface area contributed by atoms with Crippen molar-refractivity contribution in [2.75, 3.05) is 0 Å². The fraction of sp³-hybridized carbons (Fsp3) is 0.154. The van der Waals surface area contributed by atoms with Crippen LogP contribution in [0.1, 0.15) is 28.7 Å². The van der Waals surface area contributed by atoms with E-state index in [1.807, 2.05) is 31.2 Å². The molecule has 0 aliphatic rings. The minimum atomic E-state index is -1.07. The molecule has 0 aromatic heterocycles. The van der Waals surface area contributed by atoms with E-state index in [1.165, 1.54) is 18.2 Å². The first-order valence-electron chi connectivity index (χ1n) is 10.1. The van der Waals surface area contributed by atoms with Crippen LogP contribution in [0.3, 0.4) is 0 Å². The van der Waals surface area contributed by atoms with E-state index in [0.29, 0.717) is 17.7 Å². The lowest BCUT2D eigenvalue weighted by Gasteiger charge is -2.13. The topological polar surface area (TPSA) is 72.8 Å². The van der Waals surface area contributed by atoms with Crippen molar-refractivity contribution in [1.29, 1.82) is 0 Å². The predicted octanol–water partition coefficient (Wildman–Crippen LogP) is 5.35. The van der Waals surface area contributed by atoms with Crippen molar-refractivity contribution in [3.8, 4) is 11.5 Å². The van der Waals surface area contributed by atoms with Gasteiger partial charge in [-0.3, -0.25) is 4.79 Å². The van der Waals surface area contributed by atoms with Crippen molar-refractivity contribution in [2.24, 2.45) is 0 Å². The first-order chi connectivity index (χ1) is 15.4. The van der Waals surface area contributed by atoms with Crippen LogP contribution in [0.4, 0.5) is 4.39 Å². The fourth-order valence-electron chi connectivity index (χ4n) is 2.91. The van der Waals surface area contributed by atoms with E-state index in [-0.39, 0.29) is 24.6 Å². The average Bonchev–Trinajstić information content (AvgIpc) is 2.78. The molecule has 3 rings (SSSR count). The molecule has 0 spiro atoms. The van der Waals surface area contributed by atoms with Crippen molar-refractivity contribution in [1.82, 2.24) is 0 Å². The van der Waals surface area contributed by atoms with Gasteiger partial charge < -0.3 is 14.6 Å². The quantitative estimate of drug-likeness (QED) is 0.279. The van der Waals surface area contributed by atoms with Gasteiger partial charge in [-0.25, -0.2) is 9.18 Å². The highest BCUT2D eigenvalue weighted by Crippen LogP contribution is 2.30. The van der Waals surface area contributed by atoms with E-state index >= 15 is 0 Å². The number of carboxylic acid groups (broad SMARTS) is 1. The number of rotatable bonds is 9. The monoisotopic (exact) mass is 434 g/mol. The molecule has 0 amide bonds. The Kier molecular flexibility index (Phi) is 7.75. The molecule has 164 valence electrons. The zero-order valence-electron chi connectivity index (χ0n) is 17.6. The zero-order valence-corrected chi connectivity index (χ0v) is 17.6. The summed E-state index contributed by atoms with van der Waals surface area (Å²) in [5, 5.41) is 8.85. The molecule has 1 N–H and O–H groups in total. The van der Waals surface area contributed by atoms with E-state index in [1.54, 1.807) is 30.3 Å². The summed E-state index contributed by atoms with van der Waals surface area (Å²) >= 11 is 0. The highest BCUT2D eigenvalue weighted by atomic mass is 19.1. The second-order valence-corrected chi connectivity index (χ2v) is 7.25. The number of benzene rings is 3. The number of carboxylic acids is 1. The van der Waals surface area contributed by atoms with Crippen LogP contribution in [0.5, 0.6) is 11.5 Å². The van der Waals surface area contributed by atoms with Crippen LogP contribution in [0.15, 0.2) is 72.8 Å². The summed E-state index contributed by atoms with van der Waals surface area (Å²) in [6.07, 6.45) is 2.98. The molecule has 0 unspecified atom stereocenters. The van der Waals surface area contributed by atoms with Crippen LogP contribution < -0.4 is 9.47 Å². The van der Waals surface area contributed by atoms with Gasteiger partial charge in [0, 0.05) is 12.5 Å². The molecule has 0 aliphatic carbocycles. The molecule has 0 bridgehead atoms. The fourth-order valence-corrected chi connectivity index (χ4v) is 2.91. The van der Waals surface area contributed by atoms with Gasteiger partial charge in [-0.1, -0.05) is 48.0 Å². The van der Waals surface area contributed by atoms with Crippen LogP contribution in [-0.4, -0.2) is 17.0 Å². The Bertz CT molecular complexity index is 1100. The maximum atomic E-state index is 13.0. The van der Waals surface area contributed by atoms with Gasteiger partial charge in [-0.05, 0) is 60.4 Å². The number of carbonyl (C=O) groups excluding carboxylic acids is 1. The van der Waals surface area contributed by atoms with E-state index < -0.39 is 11.9 Å². The van der Waals surface area contributed by atoms with Gasteiger partial charge in [0.05, 0.1) is 0 Å².